The van der Waals surface area contributed by atoms with Crippen LogP contribution in [0.4, 0.5) is 0 Å². The highest BCUT2D eigenvalue weighted by Gasteiger charge is 1.82. The predicted octanol–water partition coefficient (Wildman–Crippen LogP) is 0.663. The van der Waals surface area contributed by atoms with E-state index in [-0.39, 0.29) is 0 Å². The molecule has 0 aliphatic heterocycles. The minimum atomic E-state index is 0.546. The molecule has 0 saturated carbocycles. The summed E-state index contributed by atoms with van der Waals surface area (Å²) in [6, 6.07) is 0.546. The van der Waals surface area contributed by atoms with Gasteiger partial charge in [-0.25, -0.2) is 0 Å². The summed E-state index contributed by atoms with van der Waals surface area (Å²) in [5.74, 6) is 0. The Bertz CT molecular complexity index is 52.6. The summed E-state index contributed by atoms with van der Waals surface area (Å²) in [4.78, 5) is 0. The third-order valence-electron chi connectivity index (χ3n) is 0.372. The Labute approximate surface area is 42.8 Å². The van der Waals surface area contributed by atoms with E-state index in [9.17, 15) is 0 Å². The molecular weight excluding hydrogens is 94.1 g/mol. The molecule has 2 N–H and O–H groups in total. The fourth-order valence-electron chi connectivity index (χ4n) is 0.0481. The van der Waals surface area contributed by atoms with Gasteiger partial charge in [-0.2, -0.15) is 0 Å². The number of nitrogens with two attached hydrogens (primary N) is 1. The zero-order chi connectivity index (χ0) is 4.99. The van der Waals surface area contributed by atoms with E-state index in [0.717, 1.165) is 0 Å². The first-order valence-electron chi connectivity index (χ1n) is 1.51. The second kappa shape index (κ2) is 3.00. The van der Waals surface area contributed by atoms with E-state index < -0.39 is 0 Å². The molecule has 0 saturated heterocycles. The lowest BCUT2D eigenvalue weighted by Gasteiger charge is -1.86. The average molecular weight is 100 g/mol. The van der Waals surface area contributed by atoms with Crippen molar-refractivity contribution in [3.8, 4) is 0 Å². The third-order valence-corrected chi connectivity index (χ3v) is 0.644. The second-order valence-electron chi connectivity index (χ2n) is 0.822. The molecule has 0 rings (SSSR count). The monoisotopic (exact) mass is 100 g/mol. The highest BCUT2D eigenvalue weighted by Crippen LogP contribution is 1.80. The van der Waals surface area contributed by atoms with Crippen LogP contribution in [0.5, 0.6) is 0 Å². The molecule has 0 spiro atoms. The molecule has 1 radical (unpaired) electrons. The Hall–Kier alpha value is -0.210. The van der Waals surface area contributed by atoms with Crippen molar-refractivity contribution < 1.29 is 0 Å². The van der Waals surface area contributed by atoms with Gasteiger partial charge < -0.3 is 5.73 Å². The lowest BCUT2D eigenvalue weighted by Crippen LogP contribution is -2.04. The maximum absolute atomic E-state index is 5.11. The van der Waals surface area contributed by atoms with Crippen LogP contribution in [0.25, 0.3) is 0 Å². The molecule has 0 fully saturated rings. The zero-order valence-electron chi connectivity index (χ0n) is 3.35. The molecule has 0 heterocycles. The topological polar surface area (TPSA) is 26.0 Å². The van der Waals surface area contributed by atoms with Crippen molar-refractivity contribution in [3.63, 3.8) is 0 Å². The van der Waals surface area contributed by atoms with Gasteiger partial charge >= 0.3 is 0 Å². The summed E-state index contributed by atoms with van der Waals surface area (Å²) in [6.45, 7) is 3.37. The molecule has 6 heavy (non-hydrogen) atoms. The average Bonchev–Trinajstić information content (AvgIpc) is 1.65. The smallest absolute Gasteiger partial charge is 0.0889 e. The van der Waals surface area contributed by atoms with E-state index in [1.54, 1.807) is 0 Å². The highest BCUT2D eigenvalue weighted by atomic mass is 32.1. The summed E-state index contributed by atoms with van der Waals surface area (Å²) in [7, 11) is 0. The number of hydrogen-bond acceptors (Lipinski definition) is 2. The summed E-state index contributed by atoms with van der Waals surface area (Å²) in [5.41, 5.74) is 5.11. The van der Waals surface area contributed by atoms with Crippen LogP contribution in [0, 0.1) is 6.04 Å². The lowest BCUT2D eigenvalue weighted by molar-refractivity contribution is 1.35. The standard InChI is InChI=1S/C4H6NS/c1-2-4(5)3-6/h2-3H,1,5H2. The van der Waals surface area contributed by atoms with Crippen molar-refractivity contribution in [2.45, 2.75) is 0 Å². The molecular formula is C4H6NS. The Balaban J connectivity index is 3.21. The van der Waals surface area contributed by atoms with Gasteiger partial charge in [0.05, 0.1) is 6.04 Å². The summed E-state index contributed by atoms with van der Waals surface area (Å²) >= 11 is 4.42. The van der Waals surface area contributed by atoms with Gasteiger partial charge in [-0.15, -0.1) is 6.58 Å². The molecule has 0 aromatic rings. The van der Waals surface area contributed by atoms with Crippen LogP contribution in [-0.4, -0.2) is 5.37 Å². The van der Waals surface area contributed by atoms with Crippen LogP contribution in [0.2, 0.25) is 0 Å². The Kier molecular flexibility index (Phi) is 2.89. The van der Waals surface area contributed by atoms with Crippen LogP contribution in [0.3, 0.4) is 0 Å². The van der Waals surface area contributed by atoms with Crippen molar-refractivity contribution in [1.29, 1.82) is 0 Å². The minimum absolute atomic E-state index is 0.546. The number of rotatable bonds is 2. The number of hydrogen-bond donors (Lipinski definition) is 1. The molecule has 0 aliphatic rings. The maximum Gasteiger partial charge on any atom is 0.0889 e. The van der Waals surface area contributed by atoms with E-state index in [1.165, 1.54) is 11.4 Å². The fraction of sp³-hybridized carbons (Fsp3) is 0. The van der Waals surface area contributed by atoms with Crippen molar-refractivity contribution in [2.75, 3.05) is 0 Å². The molecule has 1 nitrogen and oxygen atoms in total. The summed E-state index contributed by atoms with van der Waals surface area (Å²) < 4.78 is 0. The first kappa shape index (κ1) is 5.79. The first-order chi connectivity index (χ1) is 2.81. The molecule has 0 aromatic heterocycles. The van der Waals surface area contributed by atoms with Crippen molar-refractivity contribution in [2.24, 2.45) is 5.73 Å². The maximum atomic E-state index is 5.11. The van der Waals surface area contributed by atoms with Gasteiger partial charge in [0.25, 0.3) is 0 Å². The SMILES string of the molecule is C=C[C](N)C=S. The highest BCUT2D eigenvalue weighted by molar-refractivity contribution is 7.79. The van der Waals surface area contributed by atoms with Crippen molar-refractivity contribution >= 4 is 17.6 Å². The predicted molar refractivity (Wildman–Crippen MR) is 31.3 cm³/mol. The quantitative estimate of drug-likeness (QED) is 0.516. The van der Waals surface area contributed by atoms with Crippen LogP contribution in [0.1, 0.15) is 0 Å². The summed E-state index contributed by atoms with van der Waals surface area (Å²) in [5, 5.41) is 1.38. The second-order valence-corrected chi connectivity index (χ2v) is 1.06. The van der Waals surface area contributed by atoms with E-state index in [1.807, 2.05) is 0 Å². The van der Waals surface area contributed by atoms with E-state index in [2.05, 4.69) is 18.8 Å². The van der Waals surface area contributed by atoms with E-state index in [0.29, 0.717) is 6.04 Å². The van der Waals surface area contributed by atoms with Gasteiger partial charge in [-0.3, -0.25) is 0 Å². The zero-order valence-corrected chi connectivity index (χ0v) is 4.16. The minimum Gasteiger partial charge on any atom is -0.316 e. The molecule has 0 aliphatic carbocycles. The van der Waals surface area contributed by atoms with Crippen LogP contribution >= 0.6 is 12.2 Å². The Morgan fingerprint density at radius 1 is 1.83 bits per heavy atom. The van der Waals surface area contributed by atoms with Gasteiger partial charge in [0.15, 0.2) is 0 Å². The molecule has 0 aromatic carbocycles. The summed E-state index contributed by atoms with van der Waals surface area (Å²) in [6.07, 6.45) is 1.51. The molecule has 0 bridgehead atoms. The Morgan fingerprint density at radius 3 is 2.33 bits per heavy atom. The van der Waals surface area contributed by atoms with Crippen LogP contribution in [-0.2, 0) is 0 Å². The van der Waals surface area contributed by atoms with Gasteiger partial charge in [0, 0.05) is 5.37 Å². The normalized spacial score (nSPS) is 8.33. The molecule has 2 heteroatoms. The van der Waals surface area contributed by atoms with Gasteiger partial charge in [0.1, 0.15) is 0 Å². The largest absolute Gasteiger partial charge is 0.316 e. The van der Waals surface area contributed by atoms with E-state index in [4.69, 9.17) is 5.73 Å². The van der Waals surface area contributed by atoms with Crippen molar-refractivity contribution in [1.82, 2.24) is 0 Å². The lowest BCUT2D eigenvalue weighted by atomic mass is 10.4. The number of thiocarbonyl (C=S) groups is 1. The van der Waals surface area contributed by atoms with Crippen LogP contribution < -0.4 is 5.73 Å². The first-order valence-corrected chi connectivity index (χ1v) is 1.98. The van der Waals surface area contributed by atoms with Gasteiger partial charge in [-0.05, 0) is 0 Å². The molecule has 0 amide bonds. The third kappa shape index (κ3) is 2.05. The fourth-order valence-corrected chi connectivity index (χ4v) is 0.144. The van der Waals surface area contributed by atoms with Crippen LogP contribution in [0.15, 0.2) is 12.7 Å². The van der Waals surface area contributed by atoms with E-state index >= 15 is 0 Å². The molecule has 0 atom stereocenters. The molecule has 0 unspecified atom stereocenters. The van der Waals surface area contributed by atoms with Gasteiger partial charge in [0.2, 0.25) is 0 Å². The van der Waals surface area contributed by atoms with Crippen molar-refractivity contribution in [3.05, 3.63) is 18.7 Å². The van der Waals surface area contributed by atoms with Gasteiger partial charge in [-0.1, -0.05) is 18.3 Å². The molecule has 33 valence electrons. The Morgan fingerprint density at radius 2 is 2.33 bits per heavy atom.